The van der Waals surface area contributed by atoms with Crippen LogP contribution in [0.15, 0.2) is 47.0 Å². The van der Waals surface area contributed by atoms with Gasteiger partial charge in [-0.3, -0.25) is 15.1 Å². The zero-order valence-corrected chi connectivity index (χ0v) is 12.2. The second-order valence-corrected chi connectivity index (χ2v) is 4.88. The van der Waals surface area contributed by atoms with E-state index in [1.165, 1.54) is 0 Å². The van der Waals surface area contributed by atoms with Gasteiger partial charge < -0.3 is 4.42 Å². The Balaban J connectivity index is 1.77. The largest absolute Gasteiger partial charge is 0.401 e. The average Bonchev–Trinajstić information content (AvgIpc) is 2.99. The standard InChI is InChI=1S/C16H14N4O2/c1-10-6-7-12(9-11(10)2)14(21)18-16-20-19-15(22-16)13-5-3-4-8-17-13/h3-9H,1-2H3,(H,18,20,21). The summed E-state index contributed by atoms with van der Waals surface area (Å²) in [5, 5.41) is 10.3. The summed E-state index contributed by atoms with van der Waals surface area (Å²) in [7, 11) is 0. The van der Waals surface area contributed by atoms with E-state index in [9.17, 15) is 4.79 Å². The Hall–Kier alpha value is -3.02. The maximum absolute atomic E-state index is 12.2. The highest BCUT2D eigenvalue weighted by Gasteiger charge is 2.13. The summed E-state index contributed by atoms with van der Waals surface area (Å²) in [6, 6.07) is 10.9. The van der Waals surface area contributed by atoms with Crippen LogP contribution in [0.5, 0.6) is 0 Å². The van der Waals surface area contributed by atoms with Crippen LogP contribution >= 0.6 is 0 Å². The average molecular weight is 294 g/mol. The molecule has 0 aliphatic heterocycles. The third-order valence-electron chi connectivity index (χ3n) is 3.30. The number of pyridine rings is 1. The number of hydrogen-bond donors (Lipinski definition) is 1. The Morgan fingerprint density at radius 1 is 1.09 bits per heavy atom. The first-order valence-electron chi connectivity index (χ1n) is 6.77. The van der Waals surface area contributed by atoms with E-state index in [2.05, 4.69) is 20.5 Å². The van der Waals surface area contributed by atoms with Gasteiger partial charge in [-0.2, -0.15) is 0 Å². The first-order chi connectivity index (χ1) is 10.6. The fourth-order valence-electron chi connectivity index (χ4n) is 1.92. The van der Waals surface area contributed by atoms with Crippen LogP contribution in [0.1, 0.15) is 21.5 Å². The number of amides is 1. The van der Waals surface area contributed by atoms with Crippen molar-refractivity contribution < 1.29 is 9.21 Å². The Bertz CT molecular complexity index is 812. The number of nitrogens with one attached hydrogen (secondary N) is 1. The molecule has 0 spiro atoms. The summed E-state index contributed by atoms with van der Waals surface area (Å²) in [6.45, 7) is 3.95. The summed E-state index contributed by atoms with van der Waals surface area (Å²) in [5.74, 6) is -0.0321. The van der Waals surface area contributed by atoms with Crippen molar-refractivity contribution in [1.29, 1.82) is 0 Å². The van der Waals surface area contributed by atoms with Crippen molar-refractivity contribution in [2.45, 2.75) is 13.8 Å². The van der Waals surface area contributed by atoms with Gasteiger partial charge in [0.1, 0.15) is 5.69 Å². The third-order valence-corrected chi connectivity index (χ3v) is 3.30. The summed E-state index contributed by atoms with van der Waals surface area (Å²) in [4.78, 5) is 16.3. The van der Waals surface area contributed by atoms with Gasteiger partial charge in [-0.1, -0.05) is 17.2 Å². The molecule has 1 N–H and O–H groups in total. The van der Waals surface area contributed by atoms with Gasteiger partial charge >= 0.3 is 6.01 Å². The van der Waals surface area contributed by atoms with Crippen molar-refractivity contribution in [3.05, 3.63) is 59.3 Å². The van der Waals surface area contributed by atoms with E-state index in [0.29, 0.717) is 11.3 Å². The second kappa shape index (κ2) is 5.77. The van der Waals surface area contributed by atoms with E-state index in [1.807, 2.05) is 32.0 Å². The highest BCUT2D eigenvalue weighted by atomic mass is 16.4. The molecule has 1 aromatic carbocycles. The molecule has 0 saturated carbocycles. The summed E-state index contributed by atoms with van der Waals surface area (Å²) < 4.78 is 5.40. The minimum atomic E-state index is -0.292. The van der Waals surface area contributed by atoms with Crippen LogP contribution in [-0.2, 0) is 0 Å². The van der Waals surface area contributed by atoms with Crippen molar-refractivity contribution >= 4 is 11.9 Å². The molecule has 3 aromatic rings. The maximum atomic E-state index is 12.2. The van der Waals surface area contributed by atoms with Gasteiger partial charge in [0.2, 0.25) is 0 Å². The van der Waals surface area contributed by atoms with Gasteiger partial charge in [0.15, 0.2) is 0 Å². The first kappa shape index (κ1) is 13.9. The van der Waals surface area contributed by atoms with Crippen LogP contribution in [0.25, 0.3) is 11.6 Å². The first-order valence-corrected chi connectivity index (χ1v) is 6.77. The highest BCUT2D eigenvalue weighted by Crippen LogP contribution is 2.18. The zero-order chi connectivity index (χ0) is 15.5. The van der Waals surface area contributed by atoms with E-state index in [4.69, 9.17) is 4.42 Å². The number of benzene rings is 1. The molecule has 3 rings (SSSR count). The van der Waals surface area contributed by atoms with Gasteiger partial charge in [0.25, 0.3) is 11.8 Å². The van der Waals surface area contributed by atoms with Crippen molar-refractivity contribution in [2.24, 2.45) is 0 Å². The summed E-state index contributed by atoms with van der Waals surface area (Å²) >= 11 is 0. The molecule has 0 atom stereocenters. The lowest BCUT2D eigenvalue weighted by atomic mass is 10.1. The quantitative estimate of drug-likeness (QED) is 0.803. The number of anilines is 1. The predicted octanol–water partition coefficient (Wildman–Crippen LogP) is 3.00. The van der Waals surface area contributed by atoms with Gasteiger partial charge in [-0.15, -0.1) is 5.10 Å². The molecular formula is C16H14N4O2. The SMILES string of the molecule is Cc1ccc(C(=O)Nc2nnc(-c3ccccn3)o2)cc1C. The molecular weight excluding hydrogens is 280 g/mol. The Labute approximate surface area is 127 Å². The van der Waals surface area contributed by atoms with Crippen LogP contribution < -0.4 is 5.32 Å². The smallest absolute Gasteiger partial charge is 0.322 e. The molecule has 0 unspecified atom stereocenters. The Kier molecular flexibility index (Phi) is 3.65. The van der Waals surface area contributed by atoms with E-state index in [-0.39, 0.29) is 17.8 Å². The molecule has 0 saturated heterocycles. The molecule has 22 heavy (non-hydrogen) atoms. The normalized spacial score (nSPS) is 10.5. The fraction of sp³-hybridized carbons (Fsp3) is 0.125. The lowest BCUT2D eigenvalue weighted by Gasteiger charge is -2.04. The van der Waals surface area contributed by atoms with Crippen molar-refractivity contribution in [3.8, 4) is 11.6 Å². The maximum Gasteiger partial charge on any atom is 0.322 e. The van der Waals surface area contributed by atoms with E-state index in [1.54, 1.807) is 24.4 Å². The van der Waals surface area contributed by atoms with Crippen LogP contribution in [0, 0.1) is 13.8 Å². The number of hydrogen-bond acceptors (Lipinski definition) is 5. The zero-order valence-electron chi connectivity index (χ0n) is 12.2. The van der Waals surface area contributed by atoms with Gasteiger partial charge in [0.05, 0.1) is 0 Å². The molecule has 2 heterocycles. The van der Waals surface area contributed by atoms with Crippen LogP contribution in [0.3, 0.4) is 0 Å². The molecule has 0 fully saturated rings. The molecule has 0 bridgehead atoms. The molecule has 6 nitrogen and oxygen atoms in total. The number of carbonyl (C=O) groups excluding carboxylic acids is 1. The fourth-order valence-corrected chi connectivity index (χ4v) is 1.92. The number of nitrogens with zero attached hydrogens (tertiary/aromatic N) is 3. The minimum Gasteiger partial charge on any atom is -0.401 e. The van der Waals surface area contributed by atoms with E-state index < -0.39 is 0 Å². The van der Waals surface area contributed by atoms with E-state index in [0.717, 1.165) is 11.1 Å². The molecule has 1 amide bonds. The molecule has 110 valence electrons. The summed E-state index contributed by atoms with van der Waals surface area (Å²) in [5.41, 5.74) is 3.28. The highest BCUT2D eigenvalue weighted by molar-refractivity contribution is 6.03. The van der Waals surface area contributed by atoms with Crippen LogP contribution in [0.4, 0.5) is 6.01 Å². The lowest BCUT2D eigenvalue weighted by Crippen LogP contribution is -2.12. The number of rotatable bonds is 3. The monoisotopic (exact) mass is 294 g/mol. The Morgan fingerprint density at radius 3 is 2.68 bits per heavy atom. The molecule has 0 aliphatic rings. The second-order valence-electron chi connectivity index (χ2n) is 4.88. The van der Waals surface area contributed by atoms with Gasteiger partial charge in [-0.05, 0) is 49.2 Å². The third kappa shape index (κ3) is 2.85. The number of carbonyl (C=O) groups is 1. The molecule has 0 aliphatic carbocycles. The minimum absolute atomic E-state index is 0.0453. The Morgan fingerprint density at radius 2 is 1.95 bits per heavy atom. The number of aromatic nitrogens is 3. The van der Waals surface area contributed by atoms with Gasteiger partial charge in [-0.25, -0.2) is 0 Å². The molecule has 2 aromatic heterocycles. The van der Waals surface area contributed by atoms with Crippen LogP contribution in [0.2, 0.25) is 0 Å². The summed E-state index contributed by atoms with van der Waals surface area (Å²) in [6.07, 6.45) is 1.63. The van der Waals surface area contributed by atoms with Crippen molar-refractivity contribution in [3.63, 3.8) is 0 Å². The van der Waals surface area contributed by atoms with Crippen LogP contribution in [-0.4, -0.2) is 21.1 Å². The molecule has 6 heteroatoms. The van der Waals surface area contributed by atoms with E-state index >= 15 is 0 Å². The van der Waals surface area contributed by atoms with Crippen molar-refractivity contribution in [2.75, 3.05) is 5.32 Å². The molecule has 0 radical (unpaired) electrons. The lowest BCUT2D eigenvalue weighted by molar-refractivity contribution is 0.102. The predicted molar refractivity (Wildman–Crippen MR) is 81.4 cm³/mol. The van der Waals surface area contributed by atoms with Gasteiger partial charge in [0, 0.05) is 11.8 Å². The number of aryl methyl sites for hydroxylation is 2. The topological polar surface area (TPSA) is 80.9 Å². The van der Waals surface area contributed by atoms with Crippen molar-refractivity contribution in [1.82, 2.24) is 15.2 Å².